The Hall–Kier alpha value is -2.07. The van der Waals surface area contributed by atoms with Gasteiger partial charge in [-0.25, -0.2) is 4.98 Å². The molecule has 0 aliphatic heterocycles. The molecule has 1 unspecified atom stereocenters. The van der Waals surface area contributed by atoms with E-state index in [0.29, 0.717) is 23.8 Å². The molecule has 2 aromatic rings. The van der Waals surface area contributed by atoms with Gasteiger partial charge in [0.05, 0.1) is 21.9 Å². The van der Waals surface area contributed by atoms with E-state index in [1.807, 2.05) is 17.8 Å². The second kappa shape index (κ2) is 6.10. The average molecular weight is 387 g/mol. The number of aromatic nitrogens is 4. The number of anilines is 3. The van der Waals surface area contributed by atoms with Gasteiger partial charge in [-0.2, -0.15) is 10.1 Å². The third-order valence-corrected chi connectivity index (χ3v) is 4.95. The van der Waals surface area contributed by atoms with Crippen molar-refractivity contribution in [1.29, 1.82) is 0 Å². The van der Waals surface area contributed by atoms with Gasteiger partial charge in [-0.15, -0.1) is 12.3 Å². The molecule has 2 saturated carbocycles. The van der Waals surface area contributed by atoms with Gasteiger partial charge in [0, 0.05) is 30.8 Å². The summed E-state index contributed by atoms with van der Waals surface area (Å²) >= 11 is 3.46. The minimum absolute atomic E-state index is 0.314. The lowest BCUT2D eigenvalue weighted by Crippen LogP contribution is -2.04. The Morgan fingerprint density at radius 3 is 2.96 bits per heavy atom. The van der Waals surface area contributed by atoms with Gasteiger partial charge < -0.3 is 10.6 Å². The van der Waals surface area contributed by atoms with E-state index in [-0.39, 0.29) is 0 Å². The van der Waals surface area contributed by atoms with Crippen LogP contribution in [0.3, 0.4) is 0 Å². The van der Waals surface area contributed by atoms with Gasteiger partial charge in [0.15, 0.2) is 0 Å². The van der Waals surface area contributed by atoms with E-state index < -0.39 is 0 Å². The van der Waals surface area contributed by atoms with Crippen molar-refractivity contribution in [3.8, 4) is 12.3 Å². The van der Waals surface area contributed by atoms with Gasteiger partial charge in [0.25, 0.3) is 0 Å². The summed E-state index contributed by atoms with van der Waals surface area (Å²) in [4.78, 5) is 8.89. The molecule has 2 aromatic heterocycles. The predicted octanol–water partition coefficient (Wildman–Crippen LogP) is 3.68. The Balaban J connectivity index is 1.60. The molecular weight excluding hydrogens is 368 g/mol. The molecule has 4 rings (SSSR count). The topological polar surface area (TPSA) is 67.7 Å². The molecule has 2 aliphatic rings. The summed E-state index contributed by atoms with van der Waals surface area (Å²) in [6.07, 6.45) is 12.7. The number of hydrogen-bond donors (Lipinski definition) is 2. The number of nitrogens with zero attached hydrogens (tertiary/aromatic N) is 4. The maximum absolute atomic E-state index is 5.52. The van der Waals surface area contributed by atoms with E-state index in [1.165, 1.54) is 12.8 Å². The molecule has 2 aliphatic carbocycles. The molecule has 2 heterocycles. The highest BCUT2D eigenvalue weighted by molar-refractivity contribution is 9.10. The van der Waals surface area contributed by atoms with Crippen LogP contribution < -0.4 is 10.6 Å². The number of terminal acetylenes is 1. The molecule has 0 radical (unpaired) electrons. The Bertz CT molecular complexity index is 804. The summed E-state index contributed by atoms with van der Waals surface area (Å²) in [6, 6.07) is 0.339. The highest BCUT2D eigenvalue weighted by atomic mass is 79.9. The fraction of sp³-hybridized carbons (Fsp3) is 0.471. The first-order chi connectivity index (χ1) is 11.7. The third kappa shape index (κ3) is 2.98. The second-order valence-electron chi connectivity index (χ2n) is 6.30. The Morgan fingerprint density at radius 2 is 2.29 bits per heavy atom. The molecule has 0 aromatic carbocycles. The quantitative estimate of drug-likeness (QED) is 0.741. The van der Waals surface area contributed by atoms with Crippen LogP contribution in [0.25, 0.3) is 0 Å². The molecule has 0 amide bonds. The summed E-state index contributed by atoms with van der Waals surface area (Å²) in [7, 11) is 0. The average Bonchev–Trinajstić information content (AvgIpc) is 3.49. The van der Waals surface area contributed by atoms with Crippen LogP contribution in [-0.4, -0.2) is 26.3 Å². The molecule has 2 atom stereocenters. The predicted molar refractivity (Wildman–Crippen MR) is 97.4 cm³/mol. The van der Waals surface area contributed by atoms with Gasteiger partial charge in [0.1, 0.15) is 5.82 Å². The van der Waals surface area contributed by atoms with E-state index in [1.54, 1.807) is 6.20 Å². The molecule has 2 fully saturated rings. The van der Waals surface area contributed by atoms with Crippen LogP contribution in [0.5, 0.6) is 0 Å². The van der Waals surface area contributed by atoms with E-state index in [0.717, 1.165) is 34.6 Å². The van der Waals surface area contributed by atoms with Crippen molar-refractivity contribution in [3.63, 3.8) is 0 Å². The van der Waals surface area contributed by atoms with Crippen molar-refractivity contribution in [1.82, 2.24) is 19.7 Å². The zero-order valence-corrected chi connectivity index (χ0v) is 15.0. The summed E-state index contributed by atoms with van der Waals surface area (Å²) < 4.78 is 2.87. The van der Waals surface area contributed by atoms with E-state index >= 15 is 0 Å². The maximum Gasteiger partial charge on any atom is 0.229 e. The first-order valence-corrected chi connectivity index (χ1v) is 9.07. The van der Waals surface area contributed by atoms with Crippen molar-refractivity contribution in [2.24, 2.45) is 5.92 Å². The molecule has 0 bridgehead atoms. The van der Waals surface area contributed by atoms with E-state index in [2.05, 4.69) is 42.5 Å². The molecule has 7 heteroatoms. The smallest absolute Gasteiger partial charge is 0.229 e. The lowest BCUT2D eigenvalue weighted by atomic mass is 10.2. The van der Waals surface area contributed by atoms with Crippen LogP contribution in [-0.2, 0) is 0 Å². The first kappa shape index (κ1) is 15.5. The number of nitrogens with one attached hydrogen (secondary N) is 2. The highest BCUT2D eigenvalue weighted by Gasteiger charge is 2.40. The van der Waals surface area contributed by atoms with Crippen LogP contribution in [0.4, 0.5) is 17.5 Å². The van der Waals surface area contributed by atoms with Gasteiger partial charge >= 0.3 is 0 Å². The minimum Gasteiger partial charge on any atom is -0.369 e. The van der Waals surface area contributed by atoms with Crippen molar-refractivity contribution in [3.05, 3.63) is 22.6 Å². The Morgan fingerprint density at radius 1 is 1.46 bits per heavy atom. The summed E-state index contributed by atoms with van der Waals surface area (Å²) in [5, 5.41) is 11.3. The van der Waals surface area contributed by atoms with Crippen LogP contribution in [0.2, 0.25) is 0 Å². The van der Waals surface area contributed by atoms with Gasteiger partial charge in [-0.1, -0.05) is 0 Å². The molecule has 6 nitrogen and oxygen atoms in total. The zero-order valence-electron chi connectivity index (χ0n) is 13.5. The van der Waals surface area contributed by atoms with E-state index in [4.69, 9.17) is 11.5 Å². The monoisotopic (exact) mass is 386 g/mol. The van der Waals surface area contributed by atoms with Crippen LogP contribution >= 0.6 is 15.9 Å². The lowest BCUT2D eigenvalue weighted by molar-refractivity contribution is 0.613. The molecule has 0 spiro atoms. The van der Waals surface area contributed by atoms with Crippen molar-refractivity contribution in [2.75, 3.05) is 17.2 Å². The largest absolute Gasteiger partial charge is 0.369 e. The normalized spacial score (nSPS) is 22.0. The standard InChI is InChI=1S/C17H19BrN6/c1-3-10-7-14(10)24-9-13(15(23-24)11-5-6-11)21-17-20-8-12(18)16(22-17)19-4-2/h1,8-11,14H,4-7H2,2H3,(H2,19,20,21,22)/t10-,14?/m1/s1. The SMILES string of the molecule is C#C[C@@H]1CC1n1cc(Nc2ncc(Br)c(NCC)n2)c(C2CC2)n1. The molecule has 24 heavy (non-hydrogen) atoms. The fourth-order valence-electron chi connectivity index (χ4n) is 2.82. The second-order valence-corrected chi connectivity index (χ2v) is 7.16. The molecule has 0 saturated heterocycles. The third-order valence-electron chi connectivity index (χ3n) is 4.37. The number of halogens is 1. The highest BCUT2D eigenvalue weighted by Crippen LogP contribution is 2.47. The van der Waals surface area contributed by atoms with Crippen LogP contribution in [0, 0.1) is 18.3 Å². The van der Waals surface area contributed by atoms with Crippen molar-refractivity contribution >= 4 is 33.4 Å². The summed E-state index contributed by atoms with van der Waals surface area (Å²) in [6.45, 7) is 2.84. The lowest BCUT2D eigenvalue weighted by Gasteiger charge is -2.08. The first-order valence-electron chi connectivity index (χ1n) is 8.28. The Labute approximate surface area is 149 Å². The number of hydrogen-bond acceptors (Lipinski definition) is 5. The van der Waals surface area contributed by atoms with Gasteiger partial charge in [0.2, 0.25) is 5.95 Å². The Kier molecular flexibility index (Phi) is 3.93. The zero-order chi connectivity index (χ0) is 16.7. The number of rotatable bonds is 6. The van der Waals surface area contributed by atoms with Crippen LogP contribution in [0.1, 0.15) is 43.8 Å². The van der Waals surface area contributed by atoms with E-state index in [9.17, 15) is 0 Å². The van der Waals surface area contributed by atoms with Crippen molar-refractivity contribution < 1.29 is 0 Å². The maximum atomic E-state index is 5.52. The van der Waals surface area contributed by atoms with Crippen LogP contribution in [0.15, 0.2) is 16.9 Å². The minimum atomic E-state index is 0.314. The fourth-order valence-corrected chi connectivity index (χ4v) is 3.15. The molecule has 124 valence electrons. The van der Waals surface area contributed by atoms with Gasteiger partial charge in [-0.05, 0) is 42.1 Å². The van der Waals surface area contributed by atoms with Crippen molar-refractivity contribution in [2.45, 2.75) is 38.1 Å². The van der Waals surface area contributed by atoms with Gasteiger partial charge in [-0.3, -0.25) is 4.68 Å². The molecule has 2 N–H and O–H groups in total. The summed E-state index contributed by atoms with van der Waals surface area (Å²) in [5.41, 5.74) is 2.10. The summed E-state index contributed by atoms with van der Waals surface area (Å²) in [5.74, 6) is 5.03. The molecular formula is C17H19BrN6.